The van der Waals surface area contributed by atoms with E-state index in [1.165, 1.54) is 6.42 Å². The minimum atomic E-state index is -0.426. The number of aryl methyl sites for hydroxylation is 1. The minimum absolute atomic E-state index is 0.0907. The number of amides is 1. The number of hydrogen-bond acceptors (Lipinski definition) is 5. The summed E-state index contributed by atoms with van der Waals surface area (Å²) in [6.07, 6.45) is 3.85. The minimum Gasteiger partial charge on any atom is -0.497 e. The zero-order chi connectivity index (χ0) is 16.9. The van der Waals surface area contributed by atoms with Gasteiger partial charge in [-0.3, -0.25) is 4.79 Å². The van der Waals surface area contributed by atoms with Crippen molar-refractivity contribution in [2.45, 2.75) is 38.6 Å². The molecule has 3 rings (SSSR count). The van der Waals surface area contributed by atoms with Gasteiger partial charge in [0.1, 0.15) is 17.6 Å². The van der Waals surface area contributed by atoms with Crippen molar-refractivity contribution in [1.29, 1.82) is 0 Å². The number of tetrazole rings is 1. The zero-order valence-corrected chi connectivity index (χ0v) is 14.2. The number of likely N-dealkylation sites (tertiary alicyclic amines) is 1. The smallest absolute Gasteiger partial charge is 0.247 e. The molecule has 1 fully saturated rings. The Morgan fingerprint density at radius 2 is 2.08 bits per heavy atom. The van der Waals surface area contributed by atoms with Crippen molar-refractivity contribution >= 4 is 5.91 Å². The molecule has 1 aliphatic rings. The van der Waals surface area contributed by atoms with Crippen LogP contribution in [-0.4, -0.2) is 51.2 Å². The molecule has 2 aromatic rings. The second-order valence-electron chi connectivity index (χ2n) is 6.13. The van der Waals surface area contributed by atoms with Gasteiger partial charge in [-0.15, -0.1) is 5.10 Å². The molecule has 7 nitrogen and oxygen atoms in total. The van der Waals surface area contributed by atoms with Crippen molar-refractivity contribution in [2.75, 3.05) is 20.2 Å². The number of carbonyl (C=O) groups excluding carboxylic acids is 1. The van der Waals surface area contributed by atoms with Crippen LogP contribution in [-0.2, 0) is 11.2 Å². The van der Waals surface area contributed by atoms with Crippen LogP contribution >= 0.6 is 0 Å². The Kier molecular flexibility index (Phi) is 5.08. The molecule has 24 heavy (non-hydrogen) atoms. The summed E-state index contributed by atoms with van der Waals surface area (Å²) >= 11 is 0. The number of rotatable bonds is 5. The number of nitrogens with zero attached hydrogens (tertiary/aromatic N) is 5. The van der Waals surface area contributed by atoms with Gasteiger partial charge in [0, 0.05) is 19.5 Å². The summed E-state index contributed by atoms with van der Waals surface area (Å²) in [6.45, 7) is 3.45. The second kappa shape index (κ2) is 7.42. The molecule has 128 valence electrons. The van der Waals surface area contributed by atoms with Gasteiger partial charge in [0.2, 0.25) is 5.91 Å². The van der Waals surface area contributed by atoms with Gasteiger partial charge in [0.05, 0.1) is 7.11 Å². The summed E-state index contributed by atoms with van der Waals surface area (Å²) in [5.74, 6) is 1.52. The Hall–Kier alpha value is -2.44. The van der Waals surface area contributed by atoms with Gasteiger partial charge in [-0.1, -0.05) is 12.1 Å². The molecule has 0 saturated carbocycles. The molecule has 1 aromatic carbocycles. The molecule has 0 aliphatic carbocycles. The molecular weight excluding hydrogens is 306 g/mol. The summed E-state index contributed by atoms with van der Waals surface area (Å²) in [6, 6.07) is 7.36. The van der Waals surface area contributed by atoms with E-state index in [0.717, 1.165) is 37.2 Å². The predicted molar refractivity (Wildman–Crippen MR) is 88.7 cm³/mol. The van der Waals surface area contributed by atoms with Crippen molar-refractivity contribution in [3.05, 3.63) is 35.7 Å². The van der Waals surface area contributed by atoms with Crippen LogP contribution in [0, 0.1) is 6.92 Å². The molecule has 0 bridgehead atoms. The first-order valence-corrected chi connectivity index (χ1v) is 8.35. The maximum absolute atomic E-state index is 13.1. The topological polar surface area (TPSA) is 73.1 Å². The van der Waals surface area contributed by atoms with Gasteiger partial charge in [-0.05, 0) is 54.3 Å². The number of methoxy groups -OCH3 is 1. The van der Waals surface area contributed by atoms with E-state index in [4.69, 9.17) is 4.74 Å². The summed E-state index contributed by atoms with van der Waals surface area (Å²) in [5.41, 5.74) is 1.03. The molecule has 1 amide bonds. The first-order valence-electron chi connectivity index (χ1n) is 8.35. The highest BCUT2D eigenvalue weighted by Crippen LogP contribution is 2.22. The fourth-order valence-electron chi connectivity index (χ4n) is 3.15. The fraction of sp³-hybridized carbons (Fsp3) is 0.529. The molecule has 0 spiro atoms. The number of hydrogen-bond donors (Lipinski definition) is 0. The second-order valence-corrected chi connectivity index (χ2v) is 6.13. The SMILES string of the molecule is COc1cccc(CC(C(=O)N2CCCCC2)n2nnnc2C)c1. The van der Waals surface area contributed by atoms with E-state index >= 15 is 0 Å². The molecule has 0 N–H and O–H groups in total. The van der Waals surface area contributed by atoms with Crippen LogP contribution in [0.4, 0.5) is 0 Å². The van der Waals surface area contributed by atoms with Crippen LogP contribution < -0.4 is 4.74 Å². The van der Waals surface area contributed by atoms with Crippen molar-refractivity contribution in [3.63, 3.8) is 0 Å². The average Bonchev–Trinajstić information content (AvgIpc) is 3.06. The van der Waals surface area contributed by atoms with E-state index < -0.39 is 6.04 Å². The molecular formula is C17H23N5O2. The number of benzene rings is 1. The first kappa shape index (κ1) is 16.4. The van der Waals surface area contributed by atoms with E-state index in [9.17, 15) is 4.79 Å². The Bertz CT molecular complexity index is 694. The van der Waals surface area contributed by atoms with E-state index in [2.05, 4.69) is 15.5 Å². The number of piperidine rings is 1. The van der Waals surface area contributed by atoms with Gasteiger partial charge >= 0.3 is 0 Å². The van der Waals surface area contributed by atoms with Crippen LogP contribution in [0.15, 0.2) is 24.3 Å². The Balaban J connectivity index is 1.87. The molecule has 0 radical (unpaired) electrons. The largest absolute Gasteiger partial charge is 0.497 e. The van der Waals surface area contributed by atoms with E-state index in [1.54, 1.807) is 11.8 Å². The average molecular weight is 329 g/mol. The van der Waals surface area contributed by atoms with Gasteiger partial charge in [0.15, 0.2) is 0 Å². The summed E-state index contributed by atoms with van der Waals surface area (Å²) < 4.78 is 6.92. The molecule has 1 saturated heterocycles. The number of aromatic nitrogens is 4. The standard InChI is InChI=1S/C17H23N5O2/c1-13-18-19-20-22(13)16(17(23)21-9-4-3-5-10-21)12-14-7-6-8-15(11-14)24-2/h6-8,11,16H,3-5,9-10,12H2,1-2H3. The summed E-state index contributed by atoms with van der Waals surface area (Å²) in [4.78, 5) is 15.0. The lowest BCUT2D eigenvalue weighted by Crippen LogP contribution is -2.41. The Labute approximate surface area is 141 Å². The molecule has 1 aliphatic heterocycles. The monoisotopic (exact) mass is 329 g/mol. The van der Waals surface area contributed by atoms with Crippen LogP contribution in [0.1, 0.15) is 36.7 Å². The van der Waals surface area contributed by atoms with Crippen molar-refractivity contribution in [2.24, 2.45) is 0 Å². The van der Waals surface area contributed by atoms with Crippen LogP contribution in [0.3, 0.4) is 0 Å². The summed E-state index contributed by atoms with van der Waals surface area (Å²) in [5, 5.41) is 11.7. The number of carbonyl (C=O) groups is 1. The number of ether oxygens (including phenoxy) is 1. The van der Waals surface area contributed by atoms with Crippen LogP contribution in [0.25, 0.3) is 0 Å². The van der Waals surface area contributed by atoms with Crippen molar-refractivity contribution < 1.29 is 9.53 Å². The third-order valence-corrected chi connectivity index (χ3v) is 4.47. The molecule has 7 heteroatoms. The molecule has 2 heterocycles. The van der Waals surface area contributed by atoms with Crippen LogP contribution in [0.2, 0.25) is 0 Å². The van der Waals surface area contributed by atoms with Crippen molar-refractivity contribution in [1.82, 2.24) is 25.1 Å². The van der Waals surface area contributed by atoms with Crippen LogP contribution in [0.5, 0.6) is 5.75 Å². The fourth-order valence-corrected chi connectivity index (χ4v) is 3.15. The third-order valence-electron chi connectivity index (χ3n) is 4.47. The van der Waals surface area contributed by atoms with E-state index in [-0.39, 0.29) is 5.91 Å². The molecule has 1 unspecified atom stereocenters. The first-order chi connectivity index (χ1) is 11.7. The van der Waals surface area contributed by atoms with Gasteiger partial charge in [-0.25, -0.2) is 4.68 Å². The molecule has 1 atom stereocenters. The predicted octanol–water partition coefficient (Wildman–Crippen LogP) is 1.79. The molecule has 1 aromatic heterocycles. The maximum atomic E-state index is 13.1. The highest BCUT2D eigenvalue weighted by atomic mass is 16.5. The van der Waals surface area contributed by atoms with Gasteiger partial charge in [0.25, 0.3) is 0 Å². The highest BCUT2D eigenvalue weighted by molar-refractivity contribution is 5.80. The highest BCUT2D eigenvalue weighted by Gasteiger charge is 2.29. The lowest BCUT2D eigenvalue weighted by atomic mass is 10.0. The van der Waals surface area contributed by atoms with Gasteiger partial charge in [-0.2, -0.15) is 0 Å². The lowest BCUT2D eigenvalue weighted by molar-refractivity contribution is -0.136. The third kappa shape index (κ3) is 3.55. The van der Waals surface area contributed by atoms with Gasteiger partial charge < -0.3 is 9.64 Å². The Morgan fingerprint density at radius 3 is 2.75 bits per heavy atom. The summed E-state index contributed by atoms with van der Waals surface area (Å²) in [7, 11) is 1.64. The quantitative estimate of drug-likeness (QED) is 0.836. The lowest BCUT2D eigenvalue weighted by Gasteiger charge is -2.30. The van der Waals surface area contributed by atoms with E-state index in [1.807, 2.05) is 36.1 Å². The normalized spacial score (nSPS) is 16.0. The Morgan fingerprint density at radius 1 is 1.29 bits per heavy atom. The zero-order valence-electron chi connectivity index (χ0n) is 14.2. The van der Waals surface area contributed by atoms with Crippen molar-refractivity contribution in [3.8, 4) is 5.75 Å². The van der Waals surface area contributed by atoms with E-state index in [0.29, 0.717) is 12.2 Å². The maximum Gasteiger partial charge on any atom is 0.247 e.